The molecule has 0 aliphatic heterocycles. The number of aryl methyl sites for hydroxylation is 1. The van der Waals surface area contributed by atoms with Crippen LogP contribution in [0.15, 0.2) is 47.6 Å². The van der Waals surface area contributed by atoms with Crippen LogP contribution in [-0.2, 0) is 13.7 Å². The summed E-state index contributed by atoms with van der Waals surface area (Å²) in [6.07, 6.45) is 0. The maximum Gasteiger partial charge on any atom is 0.191 e. The SMILES string of the molecule is COc1ccc(C(=O)CSc2nnc(COc3ccccc3C)n2C)cc1OC. The van der Waals surface area contributed by atoms with Gasteiger partial charge in [0.1, 0.15) is 12.4 Å². The van der Waals surface area contributed by atoms with E-state index in [-0.39, 0.29) is 11.5 Å². The molecule has 1 aromatic heterocycles. The van der Waals surface area contributed by atoms with Crippen LogP contribution < -0.4 is 14.2 Å². The number of ketones is 1. The molecule has 3 aromatic rings. The summed E-state index contributed by atoms with van der Waals surface area (Å²) < 4.78 is 18.1. The Bertz CT molecular complexity index is 1000. The van der Waals surface area contributed by atoms with E-state index in [0.29, 0.717) is 34.7 Å². The molecule has 0 saturated carbocycles. The predicted molar refractivity (Wildman–Crippen MR) is 111 cm³/mol. The van der Waals surface area contributed by atoms with Gasteiger partial charge in [-0.05, 0) is 36.8 Å². The van der Waals surface area contributed by atoms with Gasteiger partial charge >= 0.3 is 0 Å². The monoisotopic (exact) mass is 413 g/mol. The Kier molecular flexibility index (Phi) is 6.77. The first-order valence-corrected chi connectivity index (χ1v) is 9.96. The molecule has 0 saturated heterocycles. The van der Waals surface area contributed by atoms with Gasteiger partial charge in [-0.2, -0.15) is 0 Å². The van der Waals surface area contributed by atoms with Gasteiger partial charge < -0.3 is 18.8 Å². The van der Waals surface area contributed by atoms with Crippen molar-refractivity contribution >= 4 is 17.5 Å². The zero-order chi connectivity index (χ0) is 20.8. The molecule has 0 N–H and O–H groups in total. The zero-order valence-corrected chi connectivity index (χ0v) is 17.7. The summed E-state index contributed by atoms with van der Waals surface area (Å²) in [5, 5.41) is 9.01. The molecule has 0 bridgehead atoms. The van der Waals surface area contributed by atoms with Gasteiger partial charge in [-0.25, -0.2) is 0 Å². The van der Waals surface area contributed by atoms with Crippen molar-refractivity contribution in [2.75, 3.05) is 20.0 Å². The third-order valence-electron chi connectivity index (χ3n) is 4.41. The highest BCUT2D eigenvalue weighted by Crippen LogP contribution is 2.28. The molecule has 0 amide bonds. The van der Waals surface area contributed by atoms with E-state index in [1.54, 1.807) is 32.4 Å². The Morgan fingerprint density at radius 2 is 1.79 bits per heavy atom. The molecular weight excluding hydrogens is 390 g/mol. The van der Waals surface area contributed by atoms with Gasteiger partial charge in [0, 0.05) is 12.6 Å². The molecule has 7 nitrogen and oxygen atoms in total. The van der Waals surface area contributed by atoms with E-state index >= 15 is 0 Å². The van der Waals surface area contributed by atoms with Crippen molar-refractivity contribution in [3.63, 3.8) is 0 Å². The molecule has 0 aliphatic rings. The number of Topliss-reactive ketones (excluding diaryl/α,β-unsaturated/α-hetero) is 1. The summed E-state index contributed by atoms with van der Waals surface area (Å²) in [6.45, 7) is 2.30. The van der Waals surface area contributed by atoms with Crippen LogP contribution in [-0.4, -0.2) is 40.5 Å². The lowest BCUT2D eigenvalue weighted by atomic mass is 10.1. The summed E-state index contributed by atoms with van der Waals surface area (Å²) in [5.41, 5.74) is 1.62. The number of rotatable bonds is 9. The van der Waals surface area contributed by atoms with Gasteiger partial charge in [-0.3, -0.25) is 4.79 Å². The topological polar surface area (TPSA) is 75.5 Å². The van der Waals surface area contributed by atoms with Crippen LogP contribution in [0.5, 0.6) is 17.2 Å². The van der Waals surface area contributed by atoms with Crippen molar-refractivity contribution in [2.45, 2.75) is 18.7 Å². The summed E-state index contributed by atoms with van der Waals surface area (Å²) >= 11 is 1.33. The summed E-state index contributed by atoms with van der Waals surface area (Å²) in [7, 11) is 4.96. The molecule has 0 unspecified atom stereocenters. The second-order valence-electron chi connectivity index (χ2n) is 6.29. The van der Waals surface area contributed by atoms with Crippen molar-refractivity contribution in [3.8, 4) is 17.2 Å². The number of hydrogen-bond donors (Lipinski definition) is 0. The van der Waals surface area contributed by atoms with Gasteiger partial charge in [-0.15, -0.1) is 10.2 Å². The second-order valence-corrected chi connectivity index (χ2v) is 7.24. The first-order valence-electron chi connectivity index (χ1n) is 8.98. The first-order chi connectivity index (χ1) is 14.0. The zero-order valence-electron chi connectivity index (χ0n) is 16.8. The molecule has 0 atom stereocenters. The molecule has 2 aromatic carbocycles. The molecule has 0 spiro atoms. The highest BCUT2D eigenvalue weighted by molar-refractivity contribution is 7.99. The van der Waals surface area contributed by atoms with Crippen molar-refractivity contribution in [3.05, 3.63) is 59.4 Å². The van der Waals surface area contributed by atoms with Crippen LogP contribution in [0.2, 0.25) is 0 Å². The van der Waals surface area contributed by atoms with Crippen LogP contribution in [0.4, 0.5) is 0 Å². The Hall–Kier alpha value is -3.00. The van der Waals surface area contributed by atoms with Crippen LogP contribution >= 0.6 is 11.8 Å². The number of carbonyl (C=O) groups excluding carboxylic acids is 1. The predicted octanol–water partition coefficient (Wildman–Crippen LogP) is 3.69. The molecule has 152 valence electrons. The average Bonchev–Trinajstić information content (AvgIpc) is 3.10. The molecule has 0 aliphatic carbocycles. The lowest BCUT2D eigenvalue weighted by molar-refractivity contribution is 0.102. The average molecular weight is 413 g/mol. The summed E-state index contributed by atoms with van der Waals surface area (Å²) in [6, 6.07) is 12.9. The number of methoxy groups -OCH3 is 2. The fraction of sp³-hybridized carbons (Fsp3) is 0.286. The minimum atomic E-state index is -0.0309. The minimum absolute atomic E-state index is 0.0309. The molecular formula is C21H23N3O4S. The highest BCUT2D eigenvalue weighted by Gasteiger charge is 2.15. The number of nitrogens with zero attached hydrogens (tertiary/aromatic N) is 3. The quantitative estimate of drug-likeness (QED) is 0.391. The largest absolute Gasteiger partial charge is 0.493 e. The number of hydrogen-bond acceptors (Lipinski definition) is 7. The van der Waals surface area contributed by atoms with Crippen molar-refractivity contribution in [1.82, 2.24) is 14.8 Å². The molecule has 3 rings (SSSR count). The van der Waals surface area contributed by atoms with Crippen LogP contribution in [0.25, 0.3) is 0 Å². The van der Waals surface area contributed by atoms with Crippen molar-refractivity contribution in [1.29, 1.82) is 0 Å². The maximum atomic E-state index is 12.6. The second kappa shape index (κ2) is 9.47. The number of para-hydroxylation sites is 1. The van der Waals surface area contributed by atoms with Crippen molar-refractivity contribution in [2.24, 2.45) is 7.05 Å². The third kappa shape index (κ3) is 4.89. The number of thioether (sulfide) groups is 1. The van der Waals surface area contributed by atoms with Gasteiger partial charge in [0.15, 0.2) is 28.3 Å². The van der Waals surface area contributed by atoms with E-state index in [0.717, 1.165) is 11.3 Å². The smallest absolute Gasteiger partial charge is 0.191 e. The number of benzene rings is 2. The minimum Gasteiger partial charge on any atom is -0.493 e. The molecule has 0 fully saturated rings. The normalized spacial score (nSPS) is 10.6. The van der Waals surface area contributed by atoms with Gasteiger partial charge in [-0.1, -0.05) is 30.0 Å². The first kappa shape index (κ1) is 20.7. The van der Waals surface area contributed by atoms with Crippen LogP contribution in [0.1, 0.15) is 21.7 Å². The Balaban J connectivity index is 1.61. The van der Waals surface area contributed by atoms with E-state index in [2.05, 4.69) is 10.2 Å². The van der Waals surface area contributed by atoms with E-state index < -0.39 is 0 Å². The lowest BCUT2D eigenvalue weighted by Gasteiger charge is -2.09. The molecule has 8 heteroatoms. The standard InChI is InChI=1S/C21H23N3O4S/c1-14-7-5-6-8-17(14)28-12-20-22-23-21(24(20)2)29-13-16(25)15-9-10-18(26-3)19(11-15)27-4/h5-11H,12-13H2,1-4H3. The fourth-order valence-corrected chi connectivity index (χ4v) is 3.50. The van der Waals surface area contributed by atoms with E-state index in [9.17, 15) is 4.79 Å². The molecule has 1 heterocycles. The van der Waals surface area contributed by atoms with Crippen LogP contribution in [0.3, 0.4) is 0 Å². The van der Waals surface area contributed by atoms with Crippen molar-refractivity contribution < 1.29 is 19.0 Å². The van der Waals surface area contributed by atoms with E-state index in [1.165, 1.54) is 11.8 Å². The van der Waals surface area contributed by atoms with Gasteiger partial charge in [0.25, 0.3) is 0 Å². The third-order valence-corrected chi connectivity index (χ3v) is 5.43. The summed E-state index contributed by atoms with van der Waals surface area (Å²) in [4.78, 5) is 12.6. The Morgan fingerprint density at radius 3 is 2.52 bits per heavy atom. The number of carbonyl (C=O) groups is 1. The summed E-state index contributed by atoms with van der Waals surface area (Å²) in [5.74, 6) is 2.82. The van der Waals surface area contributed by atoms with Crippen LogP contribution in [0, 0.1) is 6.92 Å². The molecule has 29 heavy (non-hydrogen) atoms. The number of aromatic nitrogens is 3. The Labute approximate surface area is 174 Å². The maximum absolute atomic E-state index is 12.6. The van der Waals surface area contributed by atoms with E-state index in [4.69, 9.17) is 14.2 Å². The van der Waals surface area contributed by atoms with Gasteiger partial charge in [0.2, 0.25) is 0 Å². The lowest BCUT2D eigenvalue weighted by Crippen LogP contribution is -2.07. The van der Waals surface area contributed by atoms with E-state index in [1.807, 2.05) is 42.8 Å². The molecule has 0 radical (unpaired) electrons. The van der Waals surface area contributed by atoms with Gasteiger partial charge in [0.05, 0.1) is 20.0 Å². The fourth-order valence-electron chi connectivity index (χ4n) is 2.68. The Morgan fingerprint density at radius 1 is 1.03 bits per heavy atom. The highest BCUT2D eigenvalue weighted by atomic mass is 32.2. The number of ether oxygens (including phenoxy) is 3.